The van der Waals surface area contributed by atoms with Gasteiger partial charge in [0.1, 0.15) is 0 Å². The van der Waals surface area contributed by atoms with Gasteiger partial charge in [-0.1, -0.05) is 37.3 Å². The van der Waals surface area contributed by atoms with Crippen LogP contribution in [0.2, 0.25) is 0 Å². The van der Waals surface area contributed by atoms with Gasteiger partial charge in [0.05, 0.1) is 0 Å². The maximum atomic E-state index is 4.34. The Bertz CT molecular complexity index is 567. The summed E-state index contributed by atoms with van der Waals surface area (Å²) in [5.41, 5.74) is 2.46. The van der Waals surface area contributed by atoms with Crippen LogP contribution < -0.4 is 5.32 Å². The number of anilines is 1. The molecule has 0 amide bonds. The normalized spacial score (nSPS) is 22.4. The number of nitrogens with one attached hydrogen (secondary N) is 1. The molecule has 1 N–H and O–H groups in total. The molecule has 21 heavy (non-hydrogen) atoms. The SMILES string of the molecule is Cc1cnc(NC2CN(Cc3ccccc3)CC2C)nc1. The largest absolute Gasteiger partial charge is 0.350 e. The molecule has 0 radical (unpaired) electrons. The van der Waals surface area contributed by atoms with Gasteiger partial charge in [0.25, 0.3) is 0 Å². The van der Waals surface area contributed by atoms with Gasteiger partial charge in [0, 0.05) is 38.1 Å². The highest BCUT2D eigenvalue weighted by molar-refractivity contribution is 5.27. The molecule has 2 unspecified atom stereocenters. The number of rotatable bonds is 4. The predicted octanol–water partition coefficient (Wildman–Crippen LogP) is 2.72. The number of likely N-dealkylation sites (tertiary alicyclic amines) is 1. The van der Waals surface area contributed by atoms with Crippen LogP contribution in [0.5, 0.6) is 0 Å². The lowest BCUT2D eigenvalue weighted by atomic mass is 10.1. The van der Waals surface area contributed by atoms with Gasteiger partial charge in [-0.05, 0) is 24.0 Å². The molecule has 3 rings (SSSR count). The second-order valence-electron chi connectivity index (χ2n) is 5.99. The molecule has 0 saturated carbocycles. The summed E-state index contributed by atoms with van der Waals surface area (Å²) in [4.78, 5) is 11.2. The second-order valence-corrected chi connectivity index (χ2v) is 5.99. The van der Waals surface area contributed by atoms with Gasteiger partial charge >= 0.3 is 0 Å². The topological polar surface area (TPSA) is 41.1 Å². The molecule has 1 aliphatic rings. The van der Waals surface area contributed by atoms with Gasteiger partial charge in [-0.15, -0.1) is 0 Å². The first kappa shape index (κ1) is 14.0. The molecule has 0 spiro atoms. The number of hydrogen-bond donors (Lipinski definition) is 1. The second kappa shape index (κ2) is 6.22. The lowest BCUT2D eigenvalue weighted by molar-refractivity contribution is 0.319. The van der Waals surface area contributed by atoms with Crippen molar-refractivity contribution in [3.63, 3.8) is 0 Å². The fraction of sp³-hybridized carbons (Fsp3) is 0.412. The summed E-state index contributed by atoms with van der Waals surface area (Å²) >= 11 is 0. The first-order valence-corrected chi connectivity index (χ1v) is 7.52. The van der Waals surface area contributed by atoms with Crippen LogP contribution in [-0.2, 0) is 6.54 Å². The van der Waals surface area contributed by atoms with Gasteiger partial charge in [0.15, 0.2) is 0 Å². The lowest BCUT2D eigenvalue weighted by Gasteiger charge is -2.17. The van der Waals surface area contributed by atoms with E-state index < -0.39 is 0 Å². The molecule has 1 aromatic heterocycles. The first-order chi connectivity index (χ1) is 10.2. The van der Waals surface area contributed by atoms with Gasteiger partial charge < -0.3 is 5.32 Å². The van der Waals surface area contributed by atoms with Crippen molar-refractivity contribution in [1.82, 2.24) is 14.9 Å². The third-order valence-corrected chi connectivity index (χ3v) is 4.03. The van der Waals surface area contributed by atoms with E-state index in [1.165, 1.54) is 5.56 Å². The van der Waals surface area contributed by atoms with Gasteiger partial charge in [-0.3, -0.25) is 4.90 Å². The average molecular weight is 282 g/mol. The quantitative estimate of drug-likeness (QED) is 0.936. The summed E-state index contributed by atoms with van der Waals surface area (Å²) in [5.74, 6) is 1.33. The van der Waals surface area contributed by atoms with Crippen LogP contribution in [0.3, 0.4) is 0 Å². The van der Waals surface area contributed by atoms with Crippen LogP contribution >= 0.6 is 0 Å². The third kappa shape index (κ3) is 3.58. The van der Waals surface area contributed by atoms with Crippen molar-refractivity contribution in [1.29, 1.82) is 0 Å². The van der Waals surface area contributed by atoms with Crippen molar-refractivity contribution >= 4 is 5.95 Å². The molecule has 110 valence electrons. The van der Waals surface area contributed by atoms with E-state index in [4.69, 9.17) is 0 Å². The molecule has 0 aliphatic carbocycles. The molecule has 1 aromatic carbocycles. The van der Waals surface area contributed by atoms with E-state index in [2.05, 4.69) is 57.4 Å². The highest BCUT2D eigenvalue weighted by Gasteiger charge is 2.29. The van der Waals surface area contributed by atoms with E-state index >= 15 is 0 Å². The number of aromatic nitrogens is 2. The van der Waals surface area contributed by atoms with Crippen molar-refractivity contribution in [2.75, 3.05) is 18.4 Å². The van der Waals surface area contributed by atoms with Crippen LogP contribution in [0.25, 0.3) is 0 Å². The number of nitrogens with zero attached hydrogens (tertiary/aromatic N) is 3. The van der Waals surface area contributed by atoms with Crippen LogP contribution in [0.1, 0.15) is 18.1 Å². The summed E-state index contributed by atoms with van der Waals surface area (Å²) < 4.78 is 0. The molecule has 2 atom stereocenters. The van der Waals surface area contributed by atoms with Gasteiger partial charge in [-0.2, -0.15) is 0 Å². The Morgan fingerprint density at radius 3 is 2.57 bits per heavy atom. The zero-order valence-corrected chi connectivity index (χ0v) is 12.7. The number of benzene rings is 1. The van der Waals surface area contributed by atoms with E-state index in [-0.39, 0.29) is 0 Å². The van der Waals surface area contributed by atoms with E-state index in [0.717, 1.165) is 31.1 Å². The van der Waals surface area contributed by atoms with Crippen LogP contribution in [0, 0.1) is 12.8 Å². The Hall–Kier alpha value is -1.94. The zero-order valence-electron chi connectivity index (χ0n) is 12.7. The fourth-order valence-corrected chi connectivity index (χ4v) is 2.86. The van der Waals surface area contributed by atoms with E-state index in [0.29, 0.717) is 12.0 Å². The minimum atomic E-state index is 0.413. The molecule has 4 nitrogen and oxygen atoms in total. The minimum absolute atomic E-state index is 0.413. The molecular weight excluding hydrogens is 260 g/mol. The van der Waals surface area contributed by atoms with Crippen molar-refractivity contribution in [3.05, 3.63) is 53.9 Å². The van der Waals surface area contributed by atoms with E-state index in [1.54, 1.807) is 0 Å². The van der Waals surface area contributed by atoms with Crippen molar-refractivity contribution in [2.24, 2.45) is 5.92 Å². The molecule has 0 bridgehead atoms. The Balaban J connectivity index is 1.59. The average Bonchev–Trinajstić information content (AvgIpc) is 2.82. The van der Waals surface area contributed by atoms with Gasteiger partial charge in [0.2, 0.25) is 5.95 Å². The predicted molar refractivity (Wildman–Crippen MR) is 85.1 cm³/mol. The summed E-state index contributed by atoms with van der Waals surface area (Å²) in [6.45, 7) is 7.45. The van der Waals surface area contributed by atoms with E-state index in [9.17, 15) is 0 Å². The molecule has 2 aromatic rings. The first-order valence-electron chi connectivity index (χ1n) is 7.52. The minimum Gasteiger partial charge on any atom is -0.350 e. The number of aryl methyl sites for hydroxylation is 1. The summed E-state index contributed by atoms with van der Waals surface area (Å²) in [6, 6.07) is 11.1. The highest BCUT2D eigenvalue weighted by atomic mass is 15.2. The zero-order chi connectivity index (χ0) is 14.7. The maximum absolute atomic E-state index is 4.34. The van der Waals surface area contributed by atoms with Gasteiger partial charge in [-0.25, -0.2) is 9.97 Å². The maximum Gasteiger partial charge on any atom is 0.222 e. The Labute approximate surface area is 126 Å². The highest BCUT2D eigenvalue weighted by Crippen LogP contribution is 2.21. The fourth-order valence-electron chi connectivity index (χ4n) is 2.86. The molecule has 4 heteroatoms. The van der Waals surface area contributed by atoms with E-state index in [1.807, 2.05) is 19.3 Å². The summed E-state index contributed by atoms with van der Waals surface area (Å²) in [6.07, 6.45) is 3.72. The number of hydrogen-bond acceptors (Lipinski definition) is 4. The summed E-state index contributed by atoms with van der Waals surface area (Å²) in [7, 11) is 0. The molecular formula is C17H22N4. The van der Waals surface area contributed by atoms with Crippen molar-refractivity contribution in [2.45, 2.75) is 26.4 Å². The van der Waals surface area contributed by atoms with Crippen molar-refractivity contribution in [3.8, 4) is 0 Å². The lowest BCUT2D eigenvalue weighted by Crippen LogP contribution is -2.28. The summed E-state index contributed by atoms with van der Waals surface area (Å²) in [5, 5.41) is 3.47. The van der Waals surface area contributed by atoms with Crippen LogP contribution in [0.4, 0.5) is 5.95 Å². The Kier molecular flexibility index (Phi) is 4.15. The molecule has 1 aliphatic heterocycles. The monoisotopic (exact) mass is 282 g/mol. The van der Waals surface area contributed by atoms with Crippen LogP contribution in [-0.4, -0.2) is 34.0 Å². The Morgan fingerprint density at radius 2 is 1.86 bits per heavy atom. The Morgan fingerprint density at radius 1 is 1.14 bits per heavy atom. The molecule has 2 heterocycles. The van der Waals surface area contributed by atoms with Crippen molar-refractivity contribution < 1.29 is 0 Å². The standard InChI is InChI=1S/C17H22N4/c1-13-8-18-17(19-9-13)20-16-12-21(10-14(16)2)11-15-6-4-3-5-7-15/h3-9,14,16H,10-12H2,1-2H3,(H,18,19,20). The molecule has 1 saturated heterocycles. The van der Waals surface area contributed by atoms with Crippen LogP contribution in [0.15, 0.2) is 42.7 Å². The molecule has 1 fully saturated rings. The smallest absolute Gasteiger partial charge is 0.222 e. The third-order valence-electron chi connectivity index (χ3n) is 4.03.